The van der Waals surface area contributed by atoms with Crippen LogP contribution in [0.4, 0.5) is 5.00 Å². The van der Waals surface area contributed by atoms with Crippen LogP contribution in [0.3, 0.4) is 0 Å². The summed E-state index contributed by atoms with van der Waals surface area (Å²) in [7, 11) is 0. The minimum atomic E-state index is -1.06. The van der Waals surface area contributed by atoms with Crippen molar-refractivity contribution in [1.82, 2.24) is 5.32 Å². The number of rotatable bonds is 8. The first kappa shape index (κ1) is 18.5. The number of hydrogen-bond acceptors (Lipinski definition) is 5. The molecule has 0 aliphatic carbocycles. The number of nitrogens with one attached hydrogen (secondary N) is 2. The Hall–Kier alpha value is -1.54. The highest BCUT2D eigenvalue weighted by molar-refractivity contribution is 7.98. The summed E-state index contributed by atoms with van der Waals surface area (Å²) in [5.74, 6) is -1.09. The third kappa shape index (κ3) is 5.34. The lowest BCUT2D eigenvalue weighted by Gasteiger charge is -2.14. The molecule has 122 valence electrons. The lowest BCUT2D eigenvalue weighted by atomic mass is 10.2. The van der Waals surface area contributed by atoms with Crippen molar-refractivity contribution >= 4 is 45.9 Å². The van der Waals surface area contributed by atoms with Gasteiger partial charge in [0.2, 0.25) is 5.91 Å². The van der Waals surface area contributed by atoms with Crippen LogP contribution in [-0.2, 0) is 9.59 Å². The highest BCUT2D eigenvalue weighted by Gasteiger charge is 2.23. The summed E-state index contributed by atoms with van der Waals surface area (Å²) >= 11 is 2.81. The van der Waals surface area contributed by atoms with Crippen molar-refractivity contribution in [3.05, 3.63) is 16.5 Å². The lowest BCUT2D eigenvalue weighted by molar-refractivity contribution is -0.139. The number of aliphatic carboxylic acids is 1. The molecule has 1 rings (SSSR count). The molecule has 22 heavy (non-hydrogen) atoms. The second-order valence-electron chi connectivity index (χ2n) is 4.65. The molecule has 0 aromatic carbocycles. The minimum Gasteiger partial charge on any atom is -0.480 e. The van der Waals surface area contributed by atoms with Gasteiger partial charge in [0.25, 0.3) is 5.91 Å². The molecule has 8 heteroatoms. The van der Waals surface area contributed by atoms with E-state index >= 15 is 0 Å². The molecular weight excluding hydrogens is 324 g/mol. The van der Waals surface area contributed by atoms with Crippen LogP contribution in [0, 0.1) is 6.92 Å². The molecule has 1 aromatic rings. The van der Waals surface area contributed by atoms with Crippen LogP contribution in [0.1, 0.15) is 35.0 Å². The Kier molecular flexibility index (Phi) is 7.40. The normalized spacial score (nSPS) is 11.8. The molecule has 0 bridgehead atoms. The highest BCUT2D eigenvalue weighted by Crippen LogP contribution is 2.27. The van der Waals surface area contributed by atoms with Gasteiger partial charge in [0.05, 0.1) is 5.56 Å². The van der Waals surface area contributed by atoms with Crippen LogP contribution in [0.5, 0.6) is 0 Å². The van der Waals surface area contributed by atoms with Crippen molar-refractivity contribution in [3.63, 3.8) is 0 Å². The molecule has 3 N–H and O–H groups in total. The lowest BCUT2D eigenvalue weighted by Crippen LogP contribution is -2.41. The van der Waals surface area contributed by atoms with Crippen molar-refractivity contribution < 1.29 is 19.5 Å². The van der Waals surface area contributed by atoms with Gasteiger partial charge in [-0.1, -0.05) is 6.92 Å². The SMILES string of the molecule is CCC(=O)Nc1sc(C)cc1C(=O)NC(CCSC)C(=O)O. The van der Waals surface area contributed by atoms with Crippen LogP contribution < -0.4 is 10.6 Å². The van der Waals surface area contributed by atoms with E-state index in [0.29, 0.717) is 29.2 Å². The molecule has 0 radical (unpaired) electrons. The third-order valence-electron chi connectivity index (χ3n) is 2.89. The Morgan fingerprint density at radius 2 is 2.09 bits per heavy atom. The molecule has 0 aliphatic heterocycles. The first-order chi connectivity index (χ1) is 10.4. The van der Waals surface area contributed by atoms with Gasteiger partial charge in [0, 0.05) is 11.3 Å². The van der Waals surface area contributed by atoms with Gasteiger partial charge in [-0.15, -0.1) is 11.3 Å². The Balaban J connectivity index is 2.87. The average Bonchev–Trinajstić information content (AvgIpc) is 2.83. The molecule has 1 unspecified atom stereocenters. The fraction of sp³-hybridized carbons (Fsp3) is 0.500. The van der Waals surface area contributed by atoms with Gasteiger partial charge in [0.1, 0.15) is 11.0 Å². The number of thiophene rings is 1. The van der Waals surface area contributed by atoms with Gasteiger partial charge < -0.3 is 15.7 Å². The Morgan fingerprint density at radius 3 is 2.64 bits per heavy atom. The summed E-state index contributed by atoms with van der Waals surface area (Å²) in [5.41, 5.74) is 0.305. The van der Waals surface area contributed by atoms with Crippen LogP contribution in [-0.4, -0.2) is 40.9 Å². The molecule has 0 spiro atoms. The zero-order valence-corrected chi connectivity index (χ0v) is 14.4. The average molecular weight is 344 g/mol. The van der Waals surface area contributed by atoms with Gasteiger partial charge in [-0.3, -0.25) is 9.59 Å². The van der Waals surface area contributed by atoms with Gasteiger partial charge in [-0.25, -0.2) is 4.79 Å². The van der Waals surface area contributed by atoms with E-state index in [9.17, 15) is 14.4 Å². The highest BCUT2D eigenvalue weighted by atomic mass is 32.2. The zero-order chi connectivity index (χ0) is 16.7. The summed E-state index contributed by atoms with van der Waals surface area (Å²) in [6, 6.07) is 0.716. The standard InChI is InChI=1S/C14H20N2O4S2/c1-4-11(17)16-13-9(7-8(2)22-13)12(18)15-10(14(19)20)5-6-21-3/h7,10H,4-6H2,1-3H3,(H,15,18)(H,16,17)(H,19,20). The molecule has 1 aromatic heterocycles. The van der Waals surface area contributed by atoms with Crippen LogP contribution in [0.15, 0.2) is 6.07 Å². The van der Waals surface area contributed by atoms with Crippen LogP contribution >= 0.6 is 23.1 Å². The Labute approximate surface area is 137 Å². The molecular formula is C14H20N2O4S2. The second-order valence-corrected chi connectivity index (χ2v) is 6.89. The Morgan fingerprint density at radius 1 is 1.41 bits per heavy atom. The van der Waals surface area contributed by atoms with Crippen LogP contribution in [0.2, 0.25) is 0 Å². The van der Waals surface area contributed by atoms with Crippen molar-refractivity contribution in [1.29, 1.82) is 0 Å². The van der Waals surface area contributed by atoms with Crippen molar-refractivity contribution in [2.24, 2.45) is 0 Å². The van der Waals surface area contributed by atoms with E-state index in [0.717, 1.165) is 4.88 Å². The van der Waals surface area contributed by atoms with E-state index in [1.54, 1.807) is 13.0 Å². The summed E-state index contributed by atoms with van der Waals surface area (Å²) in [4.78, 5) is 35.9. The third-order valence-corrected chi connectivity index (χ3v) is 4.50. The molecule has 0 saturated carbocycles. The zero-order valence-electron chi connectivity index (χ0n) is 12.8. The fourth-order valence-corrected chi connectivity index (χ4v) is 3.12. The largest absolute Gasteiger partial charge is 0.480 e. The fourth-order valence-electron chi connectivity index (χ4n) is 1.72. The van der Waals surface area contributed by atoms with E-state index in [1.165, 1.54) is 23.1 Å². The van der Waals surface area contributed by atoms with E-state index in [4.69, 9.17) is 5.11 Å². The maximum atomic E-state index is 12.3. The molecule has 6 nitrogen and oxygen atoms in total. The van der Waals surface area contributed by atoms with Gasteiger partial charge in [0.15, 0.2) is 0 Å². The number of carboxylic acids is 1. The maximum Gasteiger partial charge on any atom is 0.326 e. The number of aryl methyl sites for hydroxylation is 1. The topological polar surface area (TPSA) is 95.5 Å². The first-order valence-corrected chi connectivity index (χ1v) is 9.03. The Bertz CT molecular complexity index is 557. The van der Waals surface area contributed by atoms with E-state index in [2.05, 4.69) is 10.6 Å². The summed E-state index contributed by atoms with van der Waals surface area (Å²) in [6.45, 7) is 3.55. The summed E-state index contributed by atoms with van der Waals surface area (Å²) in [6.07, 6.45) is 2.53. The quantitative estimate of drug-likeness (QED) is 0.673. The molecule has 1 atom stereocenters. The molecule has 0 fully saturated rings. The molecule has 0 aliphatic rings. The molecule has 1 heterocycles. The smallest absolute Gasteiger partial charge is 0.326 e. The predicted octanol–water partition coefficient (Wildman–Crippen LogP) is 2.34. The number of amides is 2. The first-order valence-electron chi connectivity index (χ1n) is 6.81. The predicted molar refractivity (Wildman–Crippen MR) is 89.9 cm³/mol. The summed E-state index contributed by atoms with van der Waals surface area (Å²) < 4.78 is 0. The molecule has 2 amide bonds. The van der Waals surface area contributed by atoms with Crippen LogP contribution in [0.25, 0.3) is 0 Å². The van der Waals surface area contributed by atoms with E-state index in [-0.39, 0.29) is 5.91 Å². The number of hydrogen-bond donors (Lipinski definition) is 3. The summed E-state index contributed by atoms with van der Waals surface area (Å²) in [5, 5.41) is 14.8. The van der Waals surface area contributed by atoms with Gasteiger partial charge >= 0.3 is 5.97 Å². The number of carbonyl (C=O) groups is 3. The van der Waals surface area contributed by atoms with Crippen molar-refractivity contribution in [2.75, 3.05) is 17.3 Å². The monoisotopic (exact) mass is 344 g/mol. The van der Waals surface area contributed by atoms with Gasteiger partial charge in [-0.2, -0.15) is 11.8 Å². The molecule has 0 saturated heterocycles. The maximum absolute atomic E-state index is 12.3. The number of carbonyl (C=O) groups excluding carboxylic acids is 2. The van der Waals surface area contributed by atoms with E-state index in [1.807, 2.05) is 13.2 Å². The van der Waals surface area contributed by atoms with Gasteiger partial charge in [-0.05, 0) is 31.4 Å². The number of anilines is 1. The van der Waals surface area contributed by atoms with Crippen molar-refractivity contribution in [3.8, 4) is 0 Å². The van der Waals surface area contributed by atoms with E-state index < -0.39 is 17.9 Å². The second kappa shape index (κ2) is 8.79. The van der Waals surface area contributed by atoms with Crippen molar-refractivity contribution in [2.45, 2.75) is 32.7 Å². The number of thioether (sulfide) groups is 1. The number of carboxylic acid groups (broad SMARTS) is 1. The minimum absolute atomic E-state index is 0.187.